The third kappa shape index (κ3) is 5.94. The average molecular weight is 618 g/mol. The van der Waals surface area contributed by atoms with Crippen molar-refractivity contribution in [2.75, 3.05) is 18.5 Å². The van der Waals surface area contributed by atoms with Crippen LogP contribution in [0.25, 0.3) is 0 Å². The van der Waals surface area contributed by atoms with Gasteiger partial charge in [-0.2, -0.15) is 21.4 Å². The van der Waals surface area contributed by atoms with E-state index in [1.54, 1.807) is 12.1 Å². The number of unbranched alkanes of at least 4 members (excludes halogenated alkanes) is 2. The highest BCUT2D eigenvalue weighted by molar-refractivity contribution is 7.86. The Balaban J connectivity index is 1.71. The lowest BCUT2D eigenvalue weighted by molar-refractivity contribution is -0.401. The normalized spacial score (nSPS) is 18.6. The second-order valence-corrected chi connectivity index (χ2v) is 14.6. The van der Waals surface area contributed by atoms with Crippen molar-refractivity contribution < 1.29 is 40.4 Å². The first-order valence-electron chi connectivity index (χ1n) is 13.6. The summed E-state index contributed by atoms with van der Waals surface area (Å²) in [4.78, 5) is 12.7. The molecule has 2 aromatic carbocycles. The van der Waals surface area contributed by atoms with Crippen molar-refractivity contribution in [3.8, 4) is 0 Å². The molecular weight excluding hydrogens is 580 g/mol. The summed E-state index contributed by atoms with van der Waals surface area (Å²) in [7, 11) is -6.86. The van der Waals surface area contributed by atoms with Gasteiger partial charge in [0, 0.05) is 47.5 Å². The van der Waals surface area contributed by atoms with Gasteiger partial charge in [0.25, 0.3) is 20.2 Å². The van der Waals surface area contributed by atoms with E-state index in [-0.39, 0.29) is 16.2 Å². The van der Waals surface area contributed by atoms with Crippen LogP contribution in [0.1, 0.15) is 64.5 Å². The van der Waals surface area contributed by atoms with Crippen LogP contribution in [0.15, 0.2) is 70.1 Å². The first kappa shape index (κ1) is 31.6. The summed E-state index contributed by atoms with van der Waals surface area (Å²) >= 11 is 0. The maximum absolute atomic E-state index is 11.9. The Kier molecular flexibility index (Phi) is 8.33. The third-order valence-electron chi connectivity index (χ3n) is 8.24. The van der Waals surface area contributed by atoms with Gasteiger partial charge < -0.3 is 10.0 Å². The van der Waals surface area contributed by atoms with E-state index in [0.29, 0.717) is 19.4 Å². The summed E-state index contributed by atoms with van der Waals surface area (Å²) in [6.45, 7) is 8.51. The van der Waals surface area contributed by atoms with Crippen molar-refractivity contribution in [2.24, 2.45) is 0 Å². The molecule has 0 aliphatic carbocycles. The summed E-state index contributed by atoms with van der Waals surface area (Å²) in [6, 6.07) is 9.12. The van der Waals surface area contributed by atoms with Gasteiger partial charge in [-0.15, -0.1) is 0 Å². The van der Waals surface area contributed by atoms with E-state index < -0.39 is 37.0 Å². The van der Waals surface area contributed by atoms with E-state index in [9.17, 15) is 30.7 Å². The molecule has 0 spiro atoms. The highest BCUT2D eigenvalue weighted by atomic mass is 32.2. The van der Waals surface area contributed by atoms with E-state index in [0.717, 1.165) is 40.3 Å². The summed E-state index contributed by atoms with van der Waals surface area (Å²) in [6.07, 6.45) is 7.92. The second kappa shape index (κ2) is 11.1. The molecule has 0 saturated carbocycles. The van der Waals surface area contributed by atoms with Gasteiger partial charge in [0.2, 0.25) is 5.69 Å². The summed E-state index contributed by atoms with van der Waals surface area (Å²) < 4.78 is 68.5. The van der Waals surface area contributed by atoms with Gasteiger partial charge in [0.05, 0.1) is 15.2 Å². The lowest BCUT2D eigenvalue weighted by Gasteiger charge is -2.27. The maximum atomic E-state index is 11.9. The Morgan fingerprint density at radius 1 is 0.881 bits per heavy atom. The fourth-order valence-corrected chi connectivity index (χ4v) is 7.00. The number of aliphatic carboxylic acids is 1. The molecular formula is C30H37N2O8S2+. The number of allylic oxidation sites excluding steroid dienone is 4. The zero-order chi connectivity index (χ0) is 31.3. The smallest absolute Gasteiger partial charge is 0.303 e. The van der Waals surface area contributed by atoms with Gasteiger partial charge in [-0.25, -0.2) is 0 Å². The number of nitrogens with zero attached hydrogens (tertiary/aromatic N) is 2. The second-order valence-electron chi connectivity index (χ2n) is 11.8. The molecule has 3 N–H and O–H groups in total. The standard InChI is InChI=1S/C30H36N2O8S2/c1-29(2)22-18-20(41(35,36)37)13-15-24(22)31(5)26(29)10-9-11-27-30(3,4)23-19-21(42(38,39)40)14-16-25(23)32(27)17-8-6-7-12-28(33)34/h9-11,13-16,18-19H,6-8,12,17H2,1-5H3,(H2-,33,34,35,36,37,38,39,40)/p+1. The number of hydrogen-bond donors (Lipinski definition) is 3. The molecule has 2 aliphatic heterocycles. The molecule has 2 aliphatic rings. The Morgan fingerprint density at radius 2 is 1.48 bits per heavy atom. The molecule has 0 unspecified atom stereocenters. The molecule has 0 bridgehead atoms. The van der Waals surface area contributed by atoms with Crippen LogP contribution in [0.2, 0.25) is 0 Å². The number of fused-ring (bicyclic) bond motifs is 2. The molecule has 10 nitrogen and oxygen atoms in total. The monoisotopic (exact) mass is 617 g/mol. The number of rotatable bonds is 10. The van der Waals surface area contributed by atoms with Crippen LogP contribution in [0.5, 0.6) is 0 Å². The van der Waals surface area contributed by atoms with Gasteiger partial charge in [-0.3, -0.25) is 13.9 Å². The minimum absolute atomic E-state index is 0.0985. The molecule has 2 heterocycles. The lowest BCUT2D eigenvalue weighted by Crippen LogP contribution is -2.27. The van der Waals surface area contributed by atoms with E-state index in [1.165, 1.54) is 24.3 Å². The SMILES string of the molecule is C[N+]1=C(/C=C/C=C2/N(CCCCCC(=O)O)c3ccc(S(=O)(=O)O)cc3C2(C)C)C(C)(C)c2cc(S(=O)(=O)O)ccc21. The summed E-state index contributed by atoms with van der Waals surface area (Å²) in [5.74, 6) is -0.834. The zero-order valence-corrected chi connectivity index (χ0v) is 26.0. The highest BCUT2D eigenvalue weighted by Crippen LogP contribution is 2.48. The number of hydrogen-bond acceptors (Lipinski definition) is 6. The van der Waals surface area contributed by atoms with Crippen LogP contribution in [-0.4, -0.2) is 60.9 Å². The molecule has 0 atom stereocenters. The van der Waals surface area contributed by atoms with Crippen molar-refractivity contribution in [3.63, 3.8) is 0 Å². The van der Waals surface area contributed by atoms with E-state index in [2.05, 4.69) is 4.90 Å². The summed E-state index contributed by atoms with van der Waals surface area (Å²) in [5, 5.41) is 8.97. The molecule has 2 aromatic rings. The lowest BCUT2D eigenvalue weighted by atomic mass is 9.81. The van der Waals surface area contributed by atoms with E-state index in [1.807, 2.05) is 57.5 Å². The van der Waals surface area contributed by atoms with Crippen molar-refractivity contribution in [1.29, 1.82) is 0 Å². The molecule has 226 valence electrons. The number of anilines is 1. The Morgan fingerprint density at radius 3 is 2.07 bits per heavy atom. The van der Waals surface area contributed by atoms with Crippen molar-refractivity contribution in [1.82, 2.24) is 0 Å². The number of benzene rings is 2. The van der Waals surface area contributed by atoms with Crippen LogP contribution in [0.4, 0.5) is 11.4 Å². The van der Waals surface area contributed by atoms with Crippen LogP contribution in [0.3, 0.4) is 0 Å². The minimum atomic E-state index is -4.40. The third-order valence-corrected chi connectivity index (χ3v) is 9.94. The number of carbonyl (C=O) groups is 1. The first-order chi connectivity index (χ1) is 19.4. The van der Waals surface area contributed by atoms with E-state index in [4.69, 9.17) is 5.11 Å². The molecule has 4 rings (SSSR count). The quantitative estimate of drug-likeness (QED) is 0.188. The predicted molar refractivity (Wildman–Crippen MR) is 160 cm³/mol. The Hall–Kier alpha value is -3.32. The van der Waals surface area contributed by atoms with Gasteiger partial charge in [-0.05, 0) is 68.7 Å². The molecule has 42 heavy (non-hydrogen) atoms. The Labute approximate surface area is 247 Å². The van der Waals surface area contributed by atoms with Crippen molar-refractivity contribution >= 4 is 43.3 Å². The van der Waals surface area contributed by atoms with E-state index >= 15 is 0 Å². The Bertz CT molecular complexity index is 1750. The van der Waals surface area contributed by atoms with Crippen LogP contribution >= 0.6 is 0 Å². The fourth-order valence-electron chi connectivity index (χ4n) is 5.99. The van der Waals surface area contributed by atoms with Gasteiger partial charge >= 0.3 is 5.97 Å². The largest absolute Gasteiger partial charge is 0.481 e. The van der Waals surface area contributed by atoms with Crippen molar-refractivity contribution in [2.45, 2.75) is 74.0 Å². The predicted octanol–water partition coefficient (Wildman–Crippen LogP) is 5.07. The molecule has 0 radical (unpaired) electrons. The summed E-state index contributed by atoms with van der Waals surface area (Å²) in [5.41, 5.74) is 3.79. The average Bonchev–Trinajstić information content (AvgIpc) is 3.21. The molecule has 0 aromatic heterocycles. The molecule has 0 saturated heterocycles. The topological polar surface area (TPSA) is 152 Å². The maximum Gasteiger partial charge on any atom is 0.303 e. The minimum Gasteiger partial charge on any atom is -0.481 e. The first-order valence-corrected chi connectivity index (χ1v) is 16.5. The molecule has 0 amide bonds. The molecule has 12 heteroatoms. The zero-order valence-electron chi connectivity index (χ0n) is 24.3. The fraction of sp³-hybridized carbons (Fsp3) is 0.400. The highest BCUT2D eigenvalue weighted by Gasteiger charge is 2.44. The van der Waals surface area contributed by atoms with Gasteiger partial charge in [0.1, 0.15) is 7.05 Å². The van der Waals surface area contributed by atoms with Crippen LogP contribution in [-0.2, 0) is 35.9 Å². The van der Waals surface area contributed by atoms with Crippen LogP contribution < -0.4 is 4.90 Å². The molecule has 0 fully saturated rings. The van der Waals surface area contributed by atoms with Crippen molar-refractivity contribution in [3.05, 3.63) is 71.5 Å². The number of carboxylic acids is 1. The number of carboxylic acid groups (broad SMARTS) is 1. The van der Waals surface area contributed by atoms with Crippen LogP contribution in [0, 0.1) is 0 Å². The van der Waals surface area contributed by atoms with Gasteiger partial charge in [-0.1, -0.05) is 26.3 Å². The van der Waals surface area contributed by atoms with Gasteiger partial charge in [0.15, 0.2) is 5.71 Å².